The first-order valence-corrected chi connectivity index (χ1v) is 10.9. The van der Waals surface area contributed by atoms with Gasteiger partial charge in [0, 0.05) is 17.7 Å². The van der Waals surface area contributed by atoms with Crippen molar-refractivity contribution in [3.05, 3.63) is 90.7 Å². The molecule has 3 aromatic carbocycles. The van der Waals surface area contributed by atoms with E-state index < -0.39 is 0 Å². The van der Waals surface area contributed by atoms with E-state index in [0.717, 1.165) is 22.3 Å². The van der Waals surface area contributed by atoms with Gasteiger partial charge in [0.1, 0.15) is 11.6 Å². The van der Waals surface area contributed by atoms with Crippen LogP contribution in [0.2, 0.25) is 0 Å². The number of ether oxygens (including phenoxy) is 1. The van der Waals surface area contributed by atoms with Crippen molar-refractivity contribution in [3.8, 4) is 45.5 Å². The predicted octanol–water partition coefficient (Wildman–Crippen LogP) is 5.86. The monoisotopic (exact) mass is 449 g/mol. The number of nitrogens with zero attached hydrogens (tertiary/aromatic N) is 3. The fourth-order valence-electron chi connectivity index (χ4n) is 4.01. The maximum atomic E-state index is 13.5. The Hall–Kier alpha value is -4.50. The Balaban J connectivity index is 1.64. The highest BCUT2D eigenvalue weighted by Crippen LogP contribution is 2.37. The van der Waals surface area contributed by atoms with Crippen LogP contribution in [0.3, 0.4) is 0 Å². The average Bonchev–Trinajstić information content (AvgIpc) is 2.88. The summed E-state index contributed by atoms with van der Waals surface area (Å²) in [4.78, 5) is 18.9. The number of rotatable bonds is 5. The number of hydrogen-bond acceptors (Lipinski definition) is 4. The van der Waals surface area contributed by atoms with Crippen molar-refractivity contribution < 1.29 is 13.9 Å². The summed E-state index contributed by atoms with van der Waals surface area (Å²) >= 11 is 0. The van der Waals surface area contributed by atoms with Crippen LogP contribution < -0.4 is 9.64 Å². The van der Waals surface area contributed by atoms with Crippen molar-refractivity contribution >= 4 is 11.6 Å². The van der Waals surface area contributed by atoms with Crippen LogP contribution in [0.15, 0.2) is 84.9 Å². The zero-order valence-corrected chi connectivity index (χ0v) is 18.2. The number of carbonyl (C=O) groups excluding carboxylic acids is 1. The standard InChI is InChI=1S/C28H20FN3O2/c29-23-10-7-20(8-11-23)24-15-22(19-5-2-1-3-6-19)16-25(31-24)21-9-12-27-26(17-21)32(14-4-13-30)28(33)18-34-27/h1-3,5-12,15-17H,4,14,18H2. The molecular formula is C28H20FN3O2. The summed E-state index contributed by atoms with van der Waals surface area (Å²) in [6.45, 7) is 0.252. The Bertz CT molecular complexity index is 1400. The molecule has 1 aliphatic rings. The van der Waals surface area contributed by atoms with Gasteiger partial charge in [-0.05, 0) is 65.7 Å². The Morgan fingerprint density at radius 3 is 2.32 bits per heavy atom. The molecule has 6 heteroatoms. The summed E-state index contributed by atoms with van der Waals surface area (Å²) < 4.78 is 19.1. The number of halogens is 1. The van der Waals surface area contributed by atoms with Crippen LogP contribution in [0.1, 0.15) is 6.42 Å². The Morgan fingerprint density at radius 1 is 0.882 bits per heavy atom. The maximum Gasteiger partial charge on any atom is 0.265 e. The molecule has 1 aromatic heterocycles. The van der Waals surface area contributed by atoms with E-state index >= 15 is 0 Å². The van der Waals surface area contributed by atoms with Gasteiger partial charge in [-0.25, -0.2) is 9.37 Å². The van der Waals surface area contributed by atoms with Crippen molar-refractivity contribution in [1.82, 2.24) is 4.98 Å². The van der Waals surface area contributed by atoms with Gasteiger partial charge < -0.3 is 9.64 Å². The van der Waals surface area contributed by atoms with E-state index in [-0.39, 0.29) is 24.8 Å². The van der Waals surface area contributed by atoms with Crippen LogP contribution in [0.5, 0.6) is 5.75 Å². The van der Waals surface area contributed by atoms with E-state index in [4.69, 9.17) is 15.0 Å². The number of nitriles is 1. The second-order valence-electron chi connectivity index (χ2n) is 7.92. The zero-order valence-electron chi connectivity index (χ0n) is 18.2. The highest BCUT2D eigenvalue weighted by atomic mass is 19.1. The van der Waals surface area contributed by atoms with E-state index in [1.165, 1.54) is 12.1 Å². The number of amides is 1. The molecule has 5 nitrogen and oxygen atoms in total. The molecule has 0 spiro atoms. The number of carbonyl (C=O) groups is 1. The van der Waals surface area contributed by atoms with Gasteiger partial charge in [0.2, 0.25) is 0 Å². The minimum absolute atomic E-state index is 0.0474. The van der Waals surface area contributed by atoms with Crippen molar-refractivity contribution in [1.29, 1.82) is 5.26 Å². The first kappa shape index (κ1) is 21.4. The third-order valence-electron chi connectivity index (χ3n) is 5.72. The number of pyridine rings is 1. The molecule has 1 aliphatic heterocycles. The topological polar surface area (TPSA) is 66.2 Å². The molecular weight excluding hydrogens is 429 g/mol. The van der Waals surface area contributed by atoms with E-state index in [9.17, 15) is 9.18 Å². The van der Waals surface area contributed by atoms with Crippen LogP contribution in [0.4, 0.5) is 10.1 Å². The number of hydrogen-bond donors (Lipinski definition) is 0. The lowest BCUT2D eigenvalue weighted by atomic mass is 9.99. The lowest BCUT2D eigenvalue weighted by Gasteiger charge is -2.29. The average molecular weight is 449 g/mol. The van der Waals surface area contributed by atoms with E-state index in [0.29, 0.717) is 29.4 Å². The highest BCUT2D eigenvalue weighted by Gasteiger charge is 2.26. The van der Waals surface area contributed by atoms with Crippen molar-refractivity contribution in [2.75, 3.05) is 18.1 Å². The fraction of sp³-hybridized carbons (Fsp3) is 0.107. The highest BCUT2D eigenvalue weighted by molar-refractivity contribution is 5.98. The Morgan fingerprint density at radius 2 is 1.59 bits per heavy atom. The van der Waals surface area contributed by atoms with Gasteiger partial charge in [0.25, 0.3) is 5.91 Å². The maximum absolute atomic E-state index is 13.5. The zero-order chi connectivity index (χ0) is 23.5. The lowest BCUT2D eigenvalue weighted by molar-refractivity contribution is -0.121. The summed E-state index contributed by atoms with van der Waals surface area (Å²) in [7, 11) is 0. The van der Waals surface area contributed by atoms with Crippen LogP contribution >= 0.6 is 0 Å². The summed E-state index contributed by atoms with van der Waals surface area (Å²) in [6, 6.07) is 27.9. The van der Waals surface area contributed by atoms with Gasteiger partial charge in [0.15, 0.2) is 6.61 Å². The molecule has 5 rings (SSSR count). The van der Waals surface area contributed by atoms with Gasteiger partial charge in [-0.1, -0.05) is 30.3 Å². The molecule has 0 atom stereocenters. The van der Waals surface area contributed by atoms with Gasteiger partial charge in [-0.2, -0.15) is 5.26 Å². The molecule has 0 unspecified atom stereocenters. The molecule has 4 aromatic rings. The minimum Gasteiger partial charge on any atom is -0.482 e. The second-order valence-corrected chi connectivity index (χ2v) is 7.92. The van der Waals surface area contributed by atoms with Gasteiger partial charge in [-0.15, -0.1) is 0 Å². The molecule has 0 fully saturated rings. The number of anilines is 1. The molecule has 0 radical (unpaired) electrons. The van der Waals surface area contributed by atoms with E-state index in [1.54, 1.807) is 17.0 Å². The number of aromatic nitrogens is 1. The second kappa shape index (κ2) is 9.16. The van der Waals surface area contributed by atoms with Gasteiger partial charge in [0.05, 0.1) is 29.6 Å². The molecule has 34 heavy (non-hydrogen) atoms. The molecule has 0 bridgehead atoms. The van der Waals surface area contributed by atoms with E-state index in [2.05, 4.69) is 6.07 Å². The van der Waals surface area contributed by atoms with Gasteiger partial charge >= 0.3 is 0 Å². The summed E-state index contributed by atoms with van der Waals surface area (Å²) in [5.74, 6) is 0.108. The molecule has 0 saturated carbocycles. The van der Waals surface area contributed by atoms with Crippen LogP contribution in [-0.4, -0.2) is 24.0 Å². The third kappa shape index (κ3) is 4.24. The SMILES string of the molecule is N#CCCN1C(=O)COc2ccc(-c3cc(-c4ccccc4)cc(-c4ccc(F)cc4)n3)cc21. The molecule has 1 amide bonds. The Labute approximate surface area is 196 Å². The van der Waals surface area contributed by atoms with Crippen LogP contribution in [-0.2, 0) is 4.79 Å². The smallest absolute Gasteiger partial charge is 0.265 e. The summed E-state index contributed by atoms with van der Waals surface area (Å²) in [6.07, 6.45) is 0.228. The van der Waals surface area contributed by atoms with Crippen molar-refractivity contribution in [3.63, 3.8) is 0 Å². The molecule has 0 N–H and O–H groups in total. The molecule has 0 saturated heterocycles. The number of fused-ring (bicyclic) bond motifs is 1. The quantitative estimate of drug-likeness (QED) is 0.383. The molecule has 0 aliphatic carbocycles. The normalized spacial score (nSPS) is 12.6. The largest absolute Gasteiger partial charge is 0.482 e. The lowest BCUT2D eigenvalue weighted by Crippen LogP contribution is -2.39. The van der Waals surface area contributed by atoms with Crippen LogP contribution in [0, 0.1) is 17.1 Å². The van der Waals surface area contributed by atoms with Crippen molar-refractivity contribution in [2.24, 2.45) is 0 Å². The first-order chi connectivity index (χ1) is 16.6. The third-order valence-corrected chi connectivity index (χ3v) is 5.72. The number of benzene rings is 3. The minimum atomic E-state index is -0.306. The van der Waals surface area contributed by atoms with E-state index in [1.807, 2.05) is 60.7 Å². The van der Waals surface area contributed by atoms with Crippen molar-refractivity contribution in [2.45, 2.75) is 6.42 Å². The van der Waals surface area contributed by atoms with Gasteiger partial charge in [-0.3, -0.25) is 4.79 Å². The Kier molecular flexibility index (Phi) is 5.75. The fourth-order valence-corrected chi connectivity index (χ4v) is 4.01. The molecule has 2 heterocycles. The predicted molar refractivity (Wildman–Crippen MR) is 129 cm³/mol. The van der Waals surface area contributed by atoms with Crippen LogP contribution in [0.25, 0.3) is 33.6 Å². The summed E-state index contributed by atoms with van der Waals surface area (Å²) in [5, 5.41) is 9.01. The molecule has 166 valence electrons. The summed E-state index contributed by atoms with van der Waals surface area (Å²) in [5.41, 5.74) is 5.65. The first-order valence-electron chi connectivity index (χ1n) is 10.9.